The molecule has 0 atom stereocenters. The number of carbonyl (C=O) groups is 2. The van der Waals surface area contributed by atoms with Crippen molar-refractivity contribution in [2.24, 2.45) is 5.92 Å². The minimum atomic E-state index is -0.0379. The van der Waals surface area contributed by atoms with Crippen molar-refractivity contribution in [3.63, 3.8) is 0 Å². The molecular weight excluding hydrogens is 228 g/mol. The molecule has 1 aromatic carbocycles. The second-order valence-corrected chi connectivity index (χ2v) is 5.10. The van der Waals surface area contributed by atoms with Crippen LogP contribution < -0.4 is 10.6 Å². The fourth-order valence-electron chi connectivity index (χ4n) is 2.41. The van der Waals surface area contributed by atoms with Crippen LogP contribution in [0.25, 0.3) is 0 Å². The molecule has 1 fully saturated rings. The first-order valence-corrected chi connectivity index (χ1v) is 6.43. The van der Waals surface area contributed by atoms with E-state index in [9.17, 15) is 9.59 Å². The van der Waals surface area contributed by atoms with E-state index in [2.05, 4.69) is 10.6 Å². The van der Waals surface area contributed by atoms with Crippen molar-refractivity contribution in [2.75, 3.05) is 11.9 Å². The van der Waals surface area contributed by atoms with Gasteiger partial charge in [-0.05, 0) is 42.5 Å². The Labute approximate surface area is 106 Å². The Morgan fingerprint density at radius 1 is 1.39 bits per heavy atom. The molecule has 0 saturated heterocycles. The highest BCUT2D eigenvalue weighted by Gasteiger charge is 2.21. The number of fused-ring (bicyclic) bond motifs is 1. The predicted octanol–water partition coefficient (Wildman–Crippen LogP) is 1.71. The molecule has 2 N–H and O–H groups in total. The molecule has 2 aliphatic rings. The van der Waals surface area contributed by atoms with E-state index in [1.54, 1.807) is 12.1 Å². The Kier molecular flexibility index (Phi) is 2.78. The maximum atomic E-state index is 12.0. The van der Waals surface area contributed by atoms with E-state index in [1.165, 1.54) is 19.3 Å². The molecule has 0 spiro atoms. The second-order valence-electron chi connectivity index (χ2n) is 5.10. The summed E-state index contributed by atoms with van der Waals surface area (Å²) in [6, 6.07) is 5.38. The zero-order valence-corrected chi connectivity index (χ0v) is 10.2. The molecule has 1 saturated carbocycles. The second kappa shape index (κ2) is 4.44. The fraction of sp³-hybridized carbons (Fsp3) is 0.429. The lowest BCUT2D eigenvalue weighted by atomic mass is 9.85. The van der Waals surface area contributed by atoms with Crippen LogP contribution in [0.1, 0.15) is 35.2 Å². The molecule has 3 rings (SSSR count). The molecule has 0 aromatic heterocycles. The maximum absolute atomic E-state index is 12.0. The zero-order valence-electron chi connectivity index (χ0n) is 10.2. The summed E-state index contributed by atoms with van der Waals surface area (Å²) in [5.41, 5.74) is 2.39. The molecule has 94 valence electrons. The first-order valence-electron chi connectivity index (χ1n) is 6.43. The molecule has 4 heteroatoms. The fourth-order valence-corrected chi connectivity index (χ4v) is 2.41. The average Bonchev–Trinajstić information content (AvgIpc) is 2.65. The van der Waals surface area contributed by atoms with Gasteiger partial charge in [0.05, 0.1) is 6.42 Å². The quantitative estimate of drug-likeness (QED) is 0.850. The Bertz CT molecular complexity index is 507. The summed E-state index contributed by atoms with van der Waals surface area (Å²) in [5, 5.41) is 5.72. The maximum Gasteiger partial charge on any atom is 0.251 e. The molecule has 0 unspecified atom stereocenters. The smallest absolute Gasteiger partial charge is 0.251 e. The van der Waals surface area contributed by atoms with Gasteiger partial charge in [0, 0.05) is 17.8 Å². The van der Waals surface area contributed by atoms with E-state index in [0.29, 0.717) is 17.9 Å². The number of carbonyl (C=O) groups excluding carboxylic acids is 2. The van der Waals surface area contributed by atoms with Crippen molar-refractivity contribution in [1.29, 1.82) is 0 Å². The van der Waals surface area contributed by atoms with E-state index < -0.39 is 0 Å². The summed E-state index contributed by atoms with van der Waals surface area (Å²) in [7, 11) is 0. The molecule has 1 aromatic rings. The van der Waals surface area contributed by atoms with Crippen molar-refractivity contribution < 1.29 is 9.59 Å². The Morgan fingerprint density at radius 3 is 2.94 bits per heavy atom. The molecule has 0 bridgehead atoms. The van der Waals surface area contributed by atoms with Crippen molar-refractivity contribution >= 4 is 17.5 Å². The first-order chi connectivity index (χ1) is 8.72. The number of amides is 2. The number of rotatable bonds is 3. The lowest BCUT2D eigenvalue weighted by molar-refractivity contribution is -0.115. The molecule has 1 aliphatic heterocycles. The van der Waals surface area contributed by atoms with Gasteiger partial charge in [-0.1, -0.05) is 6.42 Å². The topological polar surface area (TPSA) is 58.2 Å². The van der Waals surface area contributed by atoms with Gasteiger partial charge in [0.25, 0.3) is 5.91 Å². The van der Waals surface area contributed by atoms with Crippen LogP contribution in [0.15, 0.2) is 18.2 Å². The molecular formula is C14H16N2O2. The van der Waals surface area contributed by atoms with Crippen molar-refractivity contribution in [1.82, 2.24) is 5.32 Å². The summed E-state index contributed by atoms with van der Waals surface area (Å²) < 4.78 is 0. The van der Waals surface area contributed by atoms with Crippen LogP contribution in [0.4, 0.5) is 5.69 Å². The van der Waals surface area contributed by atoms with Gasteiger partial charge in [-0.15, -0.1) is 0 Å². The minimum Gasteiger partial charge on any atom is -0.352 e. The summed E-state index contributed by atoms with van der Waals surface area (Å²) in [6.07, 6.45) is 4.11. The van der Waals surface area contributed by atoms with E-state index in [0.717, 1.165) is 17.8 Å². The van der Waals surface area contributed by atoms with Gasteiger partial charge in [0.2, 0.25) is 5.91 Å². The highest BCUT2D eigenvalue weighted by molar-refractivity contribution is 6.01. The lowest BCUT2D eigenvalue weighted by Gasteiger charge is -2.25. The predicted molar refractivity (Wildman–Crippen MR) is 68.4 cm³/mol. The van der Waals surface area contributed by atoms with Crippen LogP contribution in [-0.4, -0.2) is 18.4 Å². The molecule has 1 aliphatic carbocycles. The van der Waals surface area contributed by atoms with Gasteiger partial charge in [0.15, 0.2) is 0 Å². The highest BCUT2D eigenvalue weighted by Crippen LogP contribution is 2.26. The van der Waals surface area contributed by atoms with E-state index in [4.69, 9.17) is 0 Å². The van der Waals surface area contributed by atoms with E-state index >= 15 is 0 Å². The van der Waals surface area contributed by atoms with E-state index in [1.807, 2.05) is 6.07 Å². The number of hydrogen-bond donors (Lipinski definition) is 2. The standard InChI is InChI=1S/C14H16N2O2/c17-13-7-11-6-10(4-5-12(11)16-13)14(18)15-8-9-2-1-3-9/h4-6,9H,1-3,7-8H2,(H,15,18)(H,16,17). The van der Waals surface area contributed by atoms with Gasteiger partial charge >= 0.3 is 0 Å². The summed E-state index contributed by atoms with van der Waals surface area (Å²) >= 11 is 0. The van der Waals surface area contributed by atoms with Gasteiger partial charge in [-0.2, -0.15) is 0 Å². The van der Waals surface area contributed by atoms with Gasteiger partial charge < -0.3 is 10.6 Å². The van der Waals surface area contributed by atoms with Crippen molar-refractivity contribution in [3.05, 3.63) is 29.3 Å². The largest absolute Gasteiger partial charge is 0.352 e. The third kappa shape index (κ3) is 2.10. The molecule has 2 amide bonds. The highest BCUT2D eigenvalue weighted by atomic mass is 16.2. The zero-order chi connectivity index (χ0) is 12.5. The van der Waals surface area contributed by atoms with Crippen LogP contribution >= 0.6 is 0 Å². The van der Waals surface area contributed by atoms with Crippen LogP contribution in [0.5, 0.6) is 0 Å². The lowest BCUT2D eigenvalue weighted by Crippen LogP contribution is -2.32. The summed E-state index contributed by atoms with van der Waals surface area (Å²) in [6.45, 7) is 0.771. The molecule has 18 heavy (non-hydrogen) atoms. The number of nitrogens with one attached hydrogen (secondary N) is 2. The molecule has 4 nitrogen and oxygen atoms in total. The SMILES string of the molecule is O=C1Cc2cc(C(=O)NCC3CCC3)ccc2N1. The Morgan fingerprint density at radius 2 is 2.22 bits per heavy atom. The number of anilines is 1. The van der Waals surface area contributed by atoms with Gasteiger partial charge in [-0.3, -0.25) is 9.59 Å². The normalized spacial score (nSPS) is 17.9. The van der Waals surface area contributed by atoms with Crippen LogP contribution in [0, 0.1) is 5.92 Å². The average molecular weight is 244 g/mol. The van der Waals surface area contributed by atoms with E-state index in [-0.39, 0.29) is 11.8 Å². The third-order valence-electron chi connectivity index (χ3n) is 3.77. The summed E-state index contributed by atoms with van der Waals surface area (Å²) in [4.78, 5) is 23.2. The molecule has 1 heterocycles. The Hall–Kier alpha value is -1.84. The van der Waals surface area contributed by atoms with Crippen molar-refractivity contribution in [3.8, 4) is 0 Å². The van der Waals surface area contributed by atoms with Crippen LogP contribution in [0.2, 0.25) is 0 Å². The Balaban J connectivity index is 1.66. The van der Waals surface area contributed by atoms with Crippen LogP contribution in [-0.2, 0) is 11.2 Å². The monoisotopic (exact) mass is 244 g/mol. The van der Waals surface area contributed by atoms with Gasteiger partial charge in [-0.25, -0.2) is 0 Å². The van der Waals surface area contributed by atoms with Crippen molar-refractivity contribution in [2.45, 2.75) is 25.7 Å². The van der Waals surface area contributed by atoms with Gasteiger partial charge in [0.1, 0.15) is 0 Å². The first kappa shape index (κ1) is 11.3. The molecule has 0 radical (unpaired) electrons. The number of hydrogen-bond acceptors (Lipinski definition) is 2. The number of benzene rings is 1. The van der Waals surface area contributed by atoms with Crippen LogP contribution in [0.3, 0.4) is 0 Å². The summed E-state index contributed by atoms with van der Waals surface area (Å²) in [5.74, 6) is 0.618. The third-order valence-corrected chi connectivity index (χ3v) is 3.77. The minimum absolute atomic E-state index is 0.00275.